The third kappa shape index (κ3) is 2.94. The fraction of sp³-hybridized carbons (Fsp3) is 0.308. The number of rotatable bonds is 5. The van der Waals surface area contributed by atoms with E-state index < -0.39 is 0 Å². The van der Waals surface area contributed by atoms with E-state index in [2.05, 4.69) is 46.5 Å². The van der Waals surface area contributed by atoms with E-state index in [0.29, 0.717) is 5.92 Å². The van der Waals surface area contributed by atoms with Crippen LogP contribution in [0.3, 0.4) is 0 Å². The monoisotopic (exact) mass is 215 g/mol. The Kier molecular flexibility index (Phi) is 3.72. The van der Waals surface area contributed by atoms with Crippen molar-refractivity contribution in [3.8, 4) is 0 Å². The molecule has 1 atom stereocenters. The number of imidazole rings is 1. The Balaban J connectivity index is 1.78. The number of benzene rings is 1. The van der Waals surface area contributed by atoms with Crippen molar-refractivity contribution >= 4 is 0 Å². The van der Waals surface area contributed by atoms with Crippen LogP contribution in [0.4, 0.5) is 0 Å². The topological polar surface area (TPSA) is 40.7 Å². The first kappa shape index (κ1) is 10.9. The van der Waals surface area contributed by atoms with Gasteiger partial charge >= 0.3 is 0 Å². The SMILES string of the molecule is CC(CNCc1ncc[nH]1)c1ccccc1. The molecule has 3 nitrogen and oxygen atoms in total. The van der Waals surface area contributed by atoms with Gasteiger partial charge in [0.1, 0.15) is 5.82 Å². The fourth-order valence-corrected chi connectivity index (χ4v) is 1.70. The van der Waals surface area contributed by atoms with Crippen molar-refractivity contribution < 1.29 is 0 Å². The standard InChI is InChI=1S/C13H17N3/c1-11(12-5-3-2-4-6-12)9-14-10-13-15-7-8-16-13/h2-8,11,14H,9-10H2,1H3,(H,15,16). The first-order valence-electron chi connectivity index (χ1n) is 5.60. The Labute approximate surface area is 95.9 Å². The smallest absolute Gasteiger partial charge is 0.120 e. The van der Waals surface area contributed by atoms with Crippen LogP contribution >= 0.6 is 0 Å². The summed E-state index contributed by atoms with van der Waals surface area (Å²) >= 11 is 0. The van der Waals surface area contributed by atoms with Crippen molar-refractivity contribution in [1.29, 1.82) is 0 Å². The van der Waals surface area contributed by atoms with Crippen LogP contribution in [-0.4, -0.2) is 16.5 Å². The van der Waals surface area contributed by atoms with Crippen molar-refractivity contribution in [2.75, 3.05) is 6.54 Å². The maximum Gasteiger partial charge on any atom is 0.120 e. The normalized spacial score (nSPS) is 12.6. The number of aromatic nitrogens is 2. The number of hydrogen-bond acceptors (Lipinski definition) is 2. The second-order valence-corrected chi connectivity index (χ2v) is 3.98. The van der Waals surface area contributed by atoms with Crippen LogP contribution in [0.2, 0.25) is 0 Å². The van der Waals surface area contributed by atoms with Gasteiger partial charge in [0.2, 0.25) is 0 Å². The van der Waals surface area contributed by atoms with Crippen LogP contribution in [0.25, 0.3) is 0 Å². The van der Waals surface area contributed by atoms with E-state index in [1.807, 2.05) is 12.3 Å². The summed E-state index contributed by atoms with van der Waals surface area (Å²) in [5.74, 6) is 1.51. The molecule has 1 aromatic heterocycles. The van der Waals surface area contributed by atoms with Crippen molar-refractivity contribution in [2.45, 2.75) is 19.4 Å². The van der Waals surface area contributed by atoms with Gasteiger partial charge in [-0.3, -0.25) is 0 Å². The predicted octanol–water partition coefficient (Wildman–Crippen LogP) is 2.30. The van der Waals surface area contributed by atoms with Crippen LogP contribution in [0.1, 0.15) is 24.2 Å². The average molecular weight is 215 g/mol. The minimum Gasteiger partial charge on any atom is -0.348 e. The van der Waals surface area contributed by atoms with E-state index in [9.17, 15) is 0 Å². The van der Waals surface area contributed by atoms with Gasteiger partial charge in [-0.1, -0.05) is 37.3 Å². The highest BCUT2D eigenvalue weighted by Crippen LogP contribution is 2.12. The molecule has 0 saturated carbocycles. The molecule has 0 aliphatic rings. The van der Waals surface area contributed by atoms with Gasteiger partial charge < -0.3 is 10.3 Å². The van der Waals surface area contributed by atoms with Gasteiger partial charge in [0, 0.05) is 18.9 Å². The van der Waals surface area contributed by atoms with Crippen LogP contribution in [-0.2, 0) is 6.54 Å². The van der Waals surface area contributed by atoms with Gasteiger partial charge in [-0.05, 0) is 11.5 Å². The lowest BCUT2D eigenvalue weighted by Crippen LogP contribution is -2.20. The highest BCUT2D eigenvalue weighted by molar-refractivity contribution is 5.18. The molecule has 2 aromatic rings. The van der Waals surface area contributed by atoms with E-state index in [0.717, 1.165) is 18.9 Å². The van der Waals surface area contributed by atoms with Gasteiger partial charge in [-0.2, -0.15) is 0 Å². The molecular weight excluding hydrogens is 198 g/mol. The molecule has 0 aliphatic carbocycles. The number of hydrogen-bond donors (Lipinski definition) is 2. The van der Waals surface area contributed by atoms with E-state index >= 15 is 0 Å². The number of H-pyrrole nitrogens is 1. The zero-order chi connectivity index (χ0) is 11.2. The molecule has 3 heteroatoms. The first-order valence-corrected chi connectivity index (χ1v) is 5.60. The zero-order valence-electron chi connectivity index (χ0n) is 9.48. The quantitative estimate of drug-likeness (QED) is 0.803. The van der Waals surface area contributed by atoms with Crippen molar-refractivity contribution in [1.82, 2.24) is 15.3 Å². The molecule has 0 fully saturated rings. The summed E-state index contributed by atoms with van der Waals surface area (Å²) in [6.45, 7) is 3.99. The summed E-state index contributed by atoms with van der Waals surface area (Å²) in [5, 5.41) is 3.39. The predicted molar refractivity (Wildman–Crippen MR) is 65.2 cm³/mol. The molecule has 1 aromatic carbocycles. The largest absolute Gasteiger partial charge is 0.348 e. The summed E-state index contributed by atoms with van der Waals surface area (Å²) < 4.78 is 0. The van der Waals surface area contributed by atoms with E-state index in [1.54, 1.807) is 6.20 Å². The average Bonchev–Trinajstić information content (AvgIpc) is 2.83. The van der Waals surface area contributed by atoms with Crippen LogP contribution in [0, 0.1) is 0 Å². The Hall–Kier alpha value is -1.61. The maximum absolute atomic E-state index is 4.17. The van der Waals surface area contributed by atoms with Crippen molar-refractivity contribution in [3.63, 3.8) is 0 Å². The van der Waals surface area contributed by atoms with Crippen LogP contribution in [0.15, 0.2) is 42.7 Å². The highest BCUT2D eigenvalue weighted by atomic mass is 15.0. The zero-order valence-corrected chi connectivity index (χ0v) is 9.48. The molecule has 1 heterocycles. The number of nitrogens with zero attached hydrogens (tertiary/aromatic N) is 1. The molecule has 0 spiro atoms. The number of aromatic amines is 1. The summed E-state index contributed by atoms with van der Waals surface area (Å²) in [7, 11) is 0. The lowest BCUT2D eigenvalue weighted by atomic mass is 10.0. The minimum absolute atomic E-state index is 0.524. The summed E-state index contributed by atoms with van der Waals surface area (Å²) in [6, 6.07) is 10.5. The lowest BCUT2D eigenvalue weighted by molar-refractivity contribution is 0.602. The third-order valence-corrected chi connectivity index (χ3v) is 2.67. The Morgan fingerprint density at radius 2 is 2.12 bits per heavy atom. The van der Waals surface area contributed by atoms with Gasteiger partial charge in [-0.15, -0.1) is 0 Å². The van der Waals surface area contributed by atoms with Crippen LogP contribution < -0.4 is 5.32 Å². The van der Waals surface area contributed by atoms with E-state index in [1.165, 1.54) is 5.56 Å². The van der Waals surface area contributed by atoms with Crippen molar-refractivity contribution in [2.24, 2.45) is 0 Å². The molecular formula is C13H17N3. The van der Waals surface area contributed by atoms with E-state index in [-0.39, 0.29) is 0 Å². The van der Waals surface area contributed by atoms with Crippen LogP contribution in [0.5, 0.6) is 0 Å². The van der Waals surface area contributed by atoms with Gasteiger partial charge in [0.05, 0.1) is 6.54 Å². The molecule has 0 radical (unpaired) electrons. The van der Waals surface area contributed by atoms with Gasteiger partial charge in [0.15, 0.2) is 0 Å². The summed E-state index contributed by atoms with van der Waals surface area (Å²) in [4.78, 5) is 7.24. The molecule has 0 saturated heterocycles. The van der Waals surface area contributed by atoms with Gasteiger partial charge in [0.25, 0.3) is 0 Å². The maximum atomic E-state index is 4.17. The molecule has 1 unspecified atom stereocenters. The molecule has 2 rings (SSSR count). The summed E-state index contributed by atoms with van der Waals surface area (Å²) in [6.07, 6.45) is 3.62. The fourth-order valence-electron chi connectivity index (χ4n) is 1.70. The van der Waals surface area contributed by atoms with E-state index in [4.69, 9.17) is 0 Å². The van der Waals surface area contributed by atoms with Gasteiger partial charge in [-0.25, -0.2) is 4.98 Å². The Morgan fingerprint density at radius 1 is 1.31 bits per heavy atom. The molecule has 0 aliphatic heterocycles. The number of nitrogens with one attached hydrogen (secondary N) is 2. The second-order valence-electron chi connectivity index (χ2n) is 3.98. The lowest BCUT2D eigenvalue weighted by Gasteiger charge is -2.12. The molecule has 16 heavy (non-hydrogen) atoms. The third-order valence-electron chi connectivity index (χ3n) is 2.67. The minimum atomic E-state index is 0.524. The molecule has 84 valence electrons. The molecule has 0 bridgehead atoms. The summed E-state index contributed by atoms with van der Waals surface area (Å²) in [5.41, 5.74) is 1.37. The highest BCUT2D eigenvalue weighted by Gasteiger charge is 2.04. The molecule has 0 amide bonds. The first-order chi connectivity index (χ1) is 7.86. The molecule has 2 N–H and O–H groups in total. The second kappa shape index (κ2) is 5.47. The van der Waals surface area contributed by atoms with Crippen molar-refractivity contribution in [3.05, 3.63) is 54.1 Å². The Bertz CT molecular complexity index is 394. The Morgan fingerprint density at radius 3 is 2.81 bits per heavy atom.